The van der Waals surface area contributed by atoms with Crippen molar-refractivity contribution < 1.29 is 14.0 Å². The summed E-state index contributed by atoms with van der Waals surface area (Å²) in [6, 6.07) is 20.1. The molecule has 0 radical (unpaired) electrons. The number of benzene rings is 3. The zero-order chi connectivity index (χ0) is 24.0. The Morgan fingerprint density at radius 3 is 2.38 bits per heavy atom. The normalized spacial score (nSPS) is 19.1. The molecule has 0 aromatic heterocycles. The first-order chi connectivity index (χ1) is 16.2. The summed E-state index contributed by atoms with van der Waals surface area (Å²) in [4.78, 5) is 29.4. The number of rotatable bonds is 2. The van der Waals surface area contributed by atoms with E-state index >= 15 is 0 Å². The number of carbonyl (C=O) groups is 2. The van der Waals surface area contributed by atoms with Crippen molar-refractivity contribution in [1.82, 2.24) is 0 Å². The minimum absolute atomic E-state index is 0.00510. The first kappa shape index (κ1) is 22.5. The third kappa shape index (κ3) is 4.07. The van der Waals surface area contributed by atoms with E-state index in [1.54, 1.807) is 29.2 Å². The number of nitrogens with zero attached hydrogens (tertiary/aromatic N) is 1. The third-order valence-electron chi connectivity index (χ3n) is 6.40. The molecule has 1 atom stereocenters. The van der Waals surface area contributed by atoms with Crippen LogP contribution in [0.15, 0.2) is 88.5 Å². The van der Waals surface area contributed by atoms with Crippen LogP contribution in [0.4, 0.5) is 15.8 Å². The second-order valence-corrected chi connectivity index (χ2v) is 10.5. The van der Waals surface area contributed by atoms with Crippen LogP contribution in [0.25, 0.3) is 0 Å². The molecule has 1 aliphatic carbocycles. The second kappa shape index (κ2) is 8.51. The maximum atomic E-state index is 14.1. The molecule has 2 aliphatic rings. The minimum Gasteiger partial charge on any atom is -0.357 e. The predicted octanol–water partition coefficient (Wildman–Crippen LogP) is 7.05. The molecular weight excluding hydrogens is 495 g/mol. The number of hydrogen-bond donors (Lipinski definition) is 1. The Morgan fingerprint density at radius 2 is 1.68 bits per heavy atom. The molecule has 1 N–H and O–H groups in total. The van der Waals surface area contributed by atoms with E-state index in [-0.39, 0.29) is 22.9 Å². The smallest absolute Gasteiger partial charge is 0.259 e. The molecule has 3 aromatic carbocycles. The van der Waals surface area contributed by atoms with E-state index in [0.29, 0.717) is 35.2 Å². The quantitative estimate of drug-likeness (QED) is 0.395. The maximum Gasteiger partial charge on any atom is 0.259 e. The average Bonchev–Trinajstić information content (AvgIpc) is 2.93. The van der Waals surface area contributed by atoms with Crippen LogP contribution >= 0.6 is 15.9 Å². The summed E-state index contributed by atoms with van der Waals surface area (Å²) in [5.41, 5.74) is 3.78. The van der Waals surface area contributed by atoms with Crippen molar-refractivity contribution in [2.45, 2.75) is 32.7 Å². The van der Waals surface area contributed by atoms with Gasteiger partial charge in [0.05, 0.1) is 17.4 Å². The highest BCUT2D eigenvalue weighted by Gasteiger charge is 2.43. The summed E-state index contributed by atoms with van der Waals surface area (Å²) in [7, 11) is 0. The molecule has 1 amide bonds. The van der Waals surface area contributed by atoms with Crippen LogP contribution in [0.1, 0.15) is 48.7 Å². The molecule has 34 heavy (non-hydrogen) atoms. The molecule has 1 heterocycles. The maximum absolute atomic E-state index is 14.1. The van der Waals surface area contributed by atoms with Gasteiger partial charge >= 0.3 is 0 Å². The summed E-state index contributed by atoms with van der Waals surface area (Å²) < 4.78 is 14.7. The van der Waals surface area contributed by atoms with Crippen molar-refractivity contribution in [2.75, 3.05) is 10.2 Å². The Labute approximate surface area is 206 Å². The third-order valence-corrected chi connectivity index (χ3v) is 6.93. The van der Waals surface area contributed by atoms with Gasteiger partial charge in [-0.15, -0.1) is 0 Å². The van der Waals surface area contributed by atoms with Gasteiger partial charge in [0.2, 0.25) is 0 Å². The van der Waals surface area contributed by atoms with Crippen molar-refractivity contribution in [1.29, 1.82) is 0 Å². The van der Waals surface area contributed by atoms with Gasteiger partial charge in [-0.2, -0.15) is 0 Å². The summed E-state index contributed by atoms with van der Waals surface area (Å²) in [6.45, 7) is 4.15. The Morgan fingerprint density at radius 1 is 1.00 bits per heavy atom. The molecule has 1 aliphatic heterocycles. The first-order valence-electron chi connectivity index (χ1n) is 11.2. The number of amides is 1. The largest absolute Gasteiger partial charge is 0.357 e. The first-order valence-corrected chi connectivity index (χ1v) is 12.0. The molecule has 0 unspecified atom stereocenters. The Balaban J connectivity index is 1.78. The molecule has 4 nitrogen and oxygen atoms in total. The standard InChI is InChI=1S/C28H24BrFN2O2/c1-28(2)15-22-25(24(33)16-28)26(17-9-13-20(30)14-10-17)32(23-6-4-3-5-21(23)31-22)27(34)18-7-11-19(29)12-8-18/h3-14,26,31H,15-16H2,1-2H3/t26-/m0/s1. The van der Waals surface area contributed by atoms with Crippen molar-refractivity contribution >= 4 is 39.0 Å². The lowest BCUT2D eigenvalue weighted by molar-refractivity contribution is -0.118. The van der Waals surface area contributed by atoms with Crippen LogP contribution in [0.5, 0.6) is 0 Å². The van der Waals surface area contributed by atoms with Crippen LogP contribution in [0.2, 0.25) is 0 Å². The zero-order valence-electron chi connectivity index (χ0n) is 18.9. The molecule has 3 aromatic rings. The zero-order valence-corrected chi connectivity index (χ0v) is 20.5. The number of Topliss-reactive ketones (excluding diaryl/α,β-unsaturated/α-hetero) is 1. The molecule has 0 saturated heterocycles. The van der Waals surface area contributed by atoms with Crippen molar-refractivity contribution in [3.63, 3.8) is 0 Å². The number of allylic oxidation sites excluding steroid dienone is 1. The number of halogens is 2. The van der Waals surface area contributed by atoms with Crippen LogP contribution < -0.4 is 10.2 Å². The Hall–Kier alpha value is -3.25. The van der Waals surface area contributed by atoms with Crippen LogP contribution in [-0.4, -0.2) is 11.7 Å². The number of anilines is 2. The minimum atomic E-state index is -0.688. The Kier molecular flexibility index (Phi) is 5.64. The van der Waals surface area contributed by atoms with Crippen LogP contribution in [0.3, 0.4) is 0 Å². The number of para-hydroxylation sites is 2. The summed E-state index contributed by atoms with van der Waals surface area (Å²) in [5.74, 6) is -0.607. The van der Waals surface area contributed by atoms with Gasteiger partial charge in [0.1, 0.15) is 5.82 Å². The van der Waals surface area contributed by atoms with Gasteiger partial charge in [-0.05, 0) is 65.9 Å². The van der Waals surface area contributed by atoms with E-state index in [1.165, 1.54) is 12.1 Å². The molecule has 5 rings (SSSR count). The topological polar surface area (TPSA) is 49.4 Å². The summed E-state index contributed by atoms with van der Waals surface area (Å²) in [5, 5.41) is 3.49. The molecule has 6 heteroatoms. The van der Waals surface area contributed by atoms with Gasteiger partial charge < -0.3 is 5.32 Å². The molecule has 0 fully saturated rings. The van der Waals surface area contributed by atoms with E-state index in [2.05, 4.69) is 35.1 Å². The van der Waals surface area contributed by atoms with Crippen molar-refractivity contribution in [3.8, 4) is 0 Å². The fourth-order valence-corrected chi connectivity index (χ4v) is 5.17. The number of ketones is 1. The number of carbonyl (C=O) groups excluding carboxylic acids is 2. The lowest BCUT2D eigenvalue weighted by atomic mass is 9.73. The highest BCUT2D eigenvalue weighted by atomic mass is 79.9. The summed E-state index contributed by atoms with van der Waals surface area (Å²) >= 11 is 3.43. The van der Waals surface area contributed by atoms with E-state index < -0.39 is 6.04 Å². The SMILES string of the molecule is CC1(C)CC(=O)C2=C(C1)Nc1ccccc1N(C(=O)c1ccc(Br)cc1)[C@H]2c1ccc(F)cc1. The van der Waals surface area contributed by atoms with Gasteiger partial charge in [-0.3, -0.25) is 14.5 Å². The monoisotopic (exact) mass is 518 g/mol. The summed E-state index contributed by atoms with van der Waals surface area (Å²) in [6.07, 6.45) is 1.04. The lowest BCUT2D eigenvalue weighted by Gasteiger charge is -2.37. The molecular formula is C28H24BrFN2O2. The molecule has 172 valence electrons. The average molecular weight is 519 g/mol. The fourth-order valence-electron chi connectivity index (χ4n) is 4.90. The molecule has 0 saturated carbocycles. The Bertz CT molecular complexity index is 1310. The molecule has 0 bridgehead atoms. The predicted molar refractivity (Wildman–Crippen MR) is 135 cm³/mol. The van der Waals surface area contributed by atoms with Gasteiger partial charge in [0.25, 0.3) is 5.91 Å². The highest BCUT2D eigenvalue weighted by Crippen LogP contribution is 2.48. The van der Waals surface area contributed by atoms with Crippen molar-refractivity contribution in [3.05, 3.63) is 105 Å². The van der Waals surface area contributed by atoms with E-state index in [0.717, 1.165) is 15.9 Å². The highest BCUT2D eigenvalue weighted by molar-refractivity contribution is 9.10. The van der Waals surface area contributed by atoms with Gasteiger partial charge in [0.15, 0.2) is 5.78 Å². The van der Waals surface area contributed by atoms with Crippen LogP contribution in [0, 0.1) is 11.2 Å². The number of hydrogen-bond acceptors (Lipinski definition) is 3. The van der Waals surface area contributed by atoms with Crippen LogP contribution in [-0.2, 0) is 4.79 Å². The fraction of sp³-hybridized carbons (Fsp3) is 0.214. The second-order valence-electron chi connectivity index (χ2n) is 9.61. The van der Waals surface area contributed by atoms with Gasteiger partial charge in [-0.1, -0.05) is 54.0 Å². The lowest BCUT2D eigenvalue weighted by Crippen LogP contribution is -2.39. The van der Waals surface area contributed by atoms with E-state index in [9.17, 15) is 14.0 Å². The van der Waals surface area contributed by atoms with E-state index in [4.69, 9.17) is 0 Å². The van der Waals surface area contributed by atoms with Crippen molar-refractivity contribution in [2.24, 2.45) is 5.41 Å². The number of fused-ring (bicyclic) bond motifs is 1. The van der Waals surface area contributed by atoms with Gasteiger partial charge in [-0.25, -0.2) is 4.39 Å². The van der Waals surface area contributed by atoms with E-state index in [1.807, 2.05) is 36.4 Å². The number of nitrogens with one attached hydrogen (secondary N) is 1. The molecule has 0 spiro atoms. The van der Waals surface area contributed by atoms with Gasteiger partial charge in [0, 0.05) is 27.7 Å².